The molecule has 0 saturated heterocycles. The highest BCUT2D eigenvalue weighted by molar-refractivity contribution is 5.84. The molecule has 4 nitrogen and oxygen atoms in total. The maximum atomic E-state index is 13.3. The maximum absolute atomic E-state index is 13.3. The number of hydrogen-bond donors (Lipinski definition) is 1. The molecule has 0 aromatic rings. The van der Waals surface area contributed by atoms with Gasteiger partial charge in [0.05, 0.1) is 0 Å². The van der Waals surface area contributed by atoms with Gasteiger partial charge < -0.3 is 0 Å². The molecule has 2 unspecified atom stereocenters. The van der Waals surface area contributed by atoms with Crippen molar-refractivity contribution in [2.75, 3.05) is 6.54 Å². The van der Waals surface area contributed by atoms with Crippen molar-refractivity contribution in [2.24, 2.45) is 51.9 Å². The summed E-state index contributed by atoms with van der Waals surface area (Å²) >= 11 is 0. The zero-order valence-electron chi connectivity index (χ0n) is 19.7. The van der Waals surface area contributed by atoms with Crippen molar-refractivity contribution in [3.05, 3.63) is 12.8 Å². The van der Waals surface area contributed by atoms with Crippen LogP contribution in [0.5, 0.6) is 0 Å². The third kappa shape index (κ3) is 4.08. The van der Waals surface area contributed by atoms with Gasteiger partial charge in [-0.15, -0.1) is 0 Å². The lowest BCUT2D eigenvalue weighted by Gasteiger charge is -2.57. The standard InChI is InChI=1S/C26H43N3O/c1-6-27-29(28-17(2)3)16-25(30)23-11-9-19-20(23)8-10-22-21(19)13-14-26(5)15-18(4)7-12-24(22)26/h6,18-24,27H,1,7-16H2,2-5H3/t18-,19?,20-,21-,22?,23-,24+,26+/m0/s1. The normalized spacial score (nSPS) is 42.3. The van der Waals surface area contributed by atoms with Crippen LogP contribution in [0.3, 0.4) is 0 Å². The number of carbonyl (C=O) groups is 1. The lowest BCUT2D eigenvalue weighted by atomic mass is 9.47. The van der Waals surface area contributed by atoms with Crippen LogP contribution in [0, 0.1) is 46.8 Å². The van der Waals surface area contributed by atoms with Crippen LogP contribution in [0.2, 0.25) is 0 Å². The van der Waals surface area contributed by atoms with E-state index in [2.05, 4.69) is 31.0 Å². The van der Waals surface area contributed by atoms with Crippen LogP contribution < -0.4 is 5.43 Å². The number of fused-ring (bicyclic) bond motifs is 5. The van der Waals surface area contributed by atoms with E-state index in [1.165, 1.54) is 51.4 Å². The van der Waals surface area contributed by atoms with Gasteiger partial charge in [0, 0.05) is 17.8 Å². The number of hydrazine groups is 1. The van der Waals surface area contributed by atoms with Crippen molar-refractivity contribution in [3.63, 3.8) is 0 Å². The van der Waals surface area contributed by atoms with Gasteiger partial charge >= 0.3 is 0 Å². The molecule has 1 N–H and O–H groups in total. The molecule has 30 heavy (non-hydrogen) atoms. The number of hydrazone groups is 1. The third-order valence-electron chi connectivity index (χ3n) is 9.34. The lowest BCUT2D eigenvalue weighted by Crippen LogP contribution is -2.50. The summed E-state index contributed by atoms with van der Waals surface area (Å²) in [6, 6.07) is 0. The molecular weight excluding hydrogens is 370 g/mol. The molecule has 4 aliphatic carbocycles. The molecule has 0 heterocycles. The first kappa shape index (κ1) is 21.9. The molecule has 0 amide bonds. The minimum Gasteiger partial charge on any atom is -0.297 e. The number of carbonyl (C=O) groups excluding carboxylic acids is 1. The molecule has 4 fully saturated rings. The van der Waals surface area contributed by atoms with E-state index in [-0.39, 0.29) is 5.92 Å². The second kappa shape index (κ2) is 8.67. The average Bonchev–Trinajstić information content (AvgIpc) is 3.11. The summed E-state index contributed by atoms with van der Waals surface area (Å²) in [5, 5.41) is 6.12. The van der Waals surface area contributed by atoms with E-state index < -0.39 is 0 Å². The van der Waals surface area contributed by atoms with E-state index in [1.807, 2.05) is 13.8 Å². The van der Waals surface area contributed by atoms with E-state index >= 15 is 0 Å². The van der Waals surface area contributed by atoms with E-state index in [9.17, 15) is 4.79 Å². The Morgan fingerprint density at radius 3 is 2.50 bits per heavy atom. The molecule has 0 aromatic carbocycles. The zero-order valence-corrected chi connectivity index (χ0v) is 19.7. The Morgan fingerprint density at radius 1 is 1.07 bits per heavy atom. The van der Waals surface area contributed by atoms with Crippen molar-refractivity contribution in [2.45, 2.75) is 85.5 Å². The highest BCUT2D eigenvalue weighted by Gasteiger charge is 2.55. The van der Waals surface area contributed by atoms with Gasteiger partial charge in [-0.3, -0.25) is 10.2 Å². The number of ketones is 1. The Hall–Kier alpha value is -1.32. The quantitative estimate of drug-likeness (QED) is 0.442. The molecule has 0 radical (unpaired) electrons. The summed E-state index contributed by atoms with van der Waals surface area (Å²) in [6.07, 6.45) is 13.8. The Kier molecular flexibility index (Phi) is 6.33. The van der Waals surface area contributed by atoms with Crippen LogP contribution in [0.1, 0.15) is 85.5 Å². The number of nitrogens with one attached hydrogen (secondary N) is 1. The predicted molar refractivity (Wildman–Crippen MR) is 124 cm³/mol. The van der Waals surface area contributed by atoms with Crippen LogP contribution in [0.15, 0.2) is 17.9 Å². The SMILES string of the molecule is C=CNN(CC(=O)[C@H]1CCC2[C@@H]3CC[C@]4(C)C[C@@H](C)CC[C@@H]4C3CC[C@@H]21)N=C(C)C. The molecule has 4 rings (SSSR count). The minimum absolute atomic E-state index is 0.233. The summed E-state index contributed by atoms with van der Waals surface area (Å²) in [4.78, 5) is 13.3. The van der Waals surface area contributed by atoms with Crippen LogP contribution in [0.25, 0.3) is 0 Å². The maximum Gasteiger partial charge on any atom is 0.159 e. The van der Waals surface area contributed by atoms with Gasteiger partial charge in [0.25, 0.3) is 0 Å². The molecule has 0 aromatic heterocycles. The van der Waals surface area contributed by atoms with E-state index in [1.54, 1.807) is 11.3 Å². The van der Waals surface area contributed by atoms with Crippen LogP contribution in [0.4, 0.5) is 0 Å². The van der Waals surface area contributed by atoms with Gasteiger partial charge in [-0.25, -0.2) is 5.12 Å². The molecule has 0 bridgehead atoms. The third-order valence-corrected chi connectivity index (χ3v) is 9.34. The minimum atomic E-state index is 0.233. The number of nitrogens with zero attached hydrogens (tertiary/aromatic N) is 2. The van der Waals surface area contributed by atoms with Crippen LogP contribution in [-0.2, 0) is 4.79 Å². The second-order valence-corrected chi connectivity index (χ2v) is 11.5. The fourth-order valence-electron chi connectivity index (χ4n) is 8.39. The van der Waals surface area contributed by atoms with E-state index in [4.69, 9.17) is 0 Å². The first-order valence-corrected chi connectivity index (χ1v) is 12.5. The van der Waals surface area contributed by atoms with E-state index in [0.717, 1.165) is 41.7 Å². The number of hydrogen-bond acceptors (Lipinski definition) is 4. The van der Waals surface area contributed by atoms with Gasteiger partial charge in [0.15, 0.2) is 5.78 Å². The van der Waals surface area contributed by atoms with E-state index in [0.29, 0.717) is 23.7 Å². The monoisotopic (exact) mass is 413 g/mol. The Labute approximate surface area is 183 Å². The molecule has 8 atom stereocenters. The molecule has 4 aliphatic rings. The van der Waals surface area contributed by atoms with Crippen molar-refractivity contribution >= 4 is 11.5 Å². The smallest absolute Gasteiger partial charge is 0.159 e. The topological polar surface area (TPSA) is 44.7 Å². The van der Waals surface area contributed by atoms with Gasteiger partial charge in [-0.1, -0.05) is 26.8 Å². The first-order valence-electron chi connectivity index (χ1n) is 12.5. The van der Waals surface area contributed by atoms with Crippen molar-refractivity contribution in [1.29, 1.82) is 0 Å². The van der Waals surface area contributed by atoms with Crippen LogP contribution >= 0.6 is 0 Å². The summed E-state index contributed by atoms with van der Waals surface area (Å²) < 4.78 is 0. The Morgan fingerprint density at radius 2 is 1.77 bits per heavy atom. The van der Waals surface area contributed by atoms with Crippen molar-refractivity contribution < 1.29 is 4.79 Å². The Bertz CT molecular complexity index is 684. The molecular formula is C26H43N3O. The summed E-state index contributed by atoms with van der Waals surface area (Å²) in [7, 11) is 0. The molecule has 4 heteroatoms. The predicted octanol–water partition coefficient (Wildman–Crippen LogP) is 5.81. The van der Waals surface area contributed by atoms with Crippen molar-refractivity contribution in [1.82, 2.24) is 10.5 Å². The number of Topliss-reactive ketones (excluding diaryl/α,β-unsaturated/α-hetero) is 1. The molecule has 4 saturated carbocycles. The van der Waals surface area contributed by atoms with Crippen molar-refractivity contribution in [3.8, 4) is 0 Å². The molecule has 0 spiro atoms. The average molecular weight is 414 g/mol. The second-order valence-electron chi connectivity index (χ2n) is 11.5. The van der Waals surface area contributed by atoms with Gasteiger partial charge in [-0.2, -0.15) is 5.10 Å². The molecule has 0 aliphatic heterocycles. The highest BCUT2D eigenvalue weighted by atomic mass is 16.1. The highest BCUT2D eigenvalue weighted by Crippen LogP contribution is 2.63. The van der Waals surface area contributed by atoms with Gasteiger partial charge in [-0.05, 0) is 106 Å². The van der Waals surface area contributed by atoms with Gasteiger partial charge in [0.1, 0.15) is 6.54 Å². The summed E-state index contributed by atoms with van der Waals surface area (Å²) in [5.74, 6) is 5.67. The fourth-order valence-corrected chi connectivity index (χ4v) is 8.39. The summed E-state index contributed by atoms with van der Waals surface area (Å²) in [6.45, 7) is 13.1. The largest absolute Gasteiger partial charge is 0.297 e. The lowest BCUT2D eigenvalue weighted by molar-refractivity contribution is -0.128. The summed E-state index contributed by atoms with van der Waals surface area (Å²) in [5.41, 5.74) is 4.54. The number of rotatable bonds is 6. The zero-order chi connectivity index (χ0) is 21.5. The van der Waals surface area contributed by atoms with Crippen LogP contribution in [-0.4, -0.2) is 23.2 Å². The Balaban J connectivity index is 1.43. The first-order chi connectivity index (χ1) is 14.3. The molecule has 168 valence electrons. The fraction of sp³-hybridized carbons (Fsp3) is 0.846. The van der Waals surface area contributed by atoms with Gasteiger partial charge in [0.2, 0.25) is 0 Å².